The molecule has 0 saturated carbocycles. The van der Waals surface area contributed by atoms with Crippen LogP contribution in [-0.4, -0.2) is 37.2 Å². The van der Waals surface area contributed by atoms with Crippen LogP contribution in [0.1, 0.15) is 24.9 Å². The monoisotopic (exact) mass is 346 g/mol. The van der Waals surface area contributed by atoms with E-state index in [0.29, 0.717) is 12.6 Å². The molecule has 1 aliphatic heterocycles. The maximum absolute atomic E-state index is 6.11. The Morgan fingerprint density at radius 3 is 2.89 bits per heavy atom. The van der Waals surface area contributed by atoms with Crippen molar-refractivity contribution in [2.45, 2.75) is 31.5 Å². The number of hydrogen-bond acceptors (Lipinski definition) is 3. The first-order valence-corrected chi connectivity index (χ1v) is 7.70. The number of likely N-dealkylation sites (N-methyl/N-ethyl adjacent to an activating group) is 1. The predicted octanol–water partition coefficient (Wildman–Crippen LogP) is 3.21. The lowest BCUT2D eigenvalue weighted by Gasteiger charge is -2.34. The zero-order chi connectivity index (χ0) is 14.0. The second-order valence-corrected chi connectivity index (χ2v) is 6.31. The van der Waals surface area contributed by atoms with Crippen molar-refractivity contribution >= 4 is 27.5 Å². The van der Waals surface area contributed by atoms with E-state index in [-0.39, 0.29) is 12.1 Å². The quantitative estimate of drug-likeness (QED) is 0.909. The van der Waals surface area contributed by atoms with Crippen molar-refractivity contribution in [3.63, 3.8) is 0 Å². The zero-order valence-electron chi connectivity index (χ0n) is 11.3. The van der Waals surface area contributed by atoms with Crippen molar-refractivity contribution in [2.24, 2.45) is 5.73 Å². The molecule has 1 heterocycles. The highest BCUT2D eigenvalue weighted by molar-refractivity contribution is 9.10. The Kier molecular flexibility index (Phi) is 5.26. The van der Waals surface area contributed by atoms with E-state index < -0.39 is 0 Å². The van der Waals surface area contributed by atoms with Gasteiger partial charge in [-0.05, 0) is 44.2 Å². The highest BCUT2D eigenvalue weighted by atomic mass is 79.9. The van der Waals surface area contributed by atoms with Crippen molar-refractivity contribution < 1.29 is 4.74 Å². The van der Waals surface area contributed by atoms with Gasteiger partial charge in [0.25, 0.3) is 0 Å². The molecular formula is C14H20BrClN2O. The number of nitrogens with two attached hydrogens (primary N) is 1. The van der Waals surface area contributed by atoms with E-state index in [2.05, 4.69) is 34.8 Å². The molecule has 3 unspecified atom stereocenters. The van der Waals surface area contributed by atoms with E-state index in [4.69, 9.17) is 22.1 Å². The summed E-state index contributed by atoms with van der Waals surface area (Å²) in [6, 6.07) is 6.38. The number of ether oxygens (including phenoxy) is 1. The van der Waals surface area contributed by atoms with Crippen LogP contribution in [0.4, 0.5) is 0 Å². The van der Waals surface area contributed by atoms with Gasteiger partial charge < -0.3 is 10.5 Å². The van der Waals surface area contributed by atoms with E-state index in [9.17, 15) is 0 Å². The van der Waals surface area contributed by atoms with Crippen molar-refractivity contribution in [3.8, 4) is 0 Å². The van der Waals surface area contributed by atoms with Gasteiger partial charge in [-0.2, -0.15) is 0 Å². The summed E-state index contributed by atoms with van der Waals surface area (Å²) in [5.41, 5.74) is 7.13. The van der Waals surface area contributed by atoms with Crippen LogP contribution in [0.15, 0.2) is 22.7 Å². The van der Waals surface area contributed by atoms with Gasteiger partial charge in [-0.25, -0.2) is 0 Å². The second-order valence-electron chi connectivity index (χ2n) is 5.01. The lowest BCUT2D eigenvalue weighted by molar-refractivity contribution is 0.0685. The van der Waals surface area contributed by atoms with Gasteiger partial charge in [-0.3, -0.25) is 4.90 Å². The third-order valence-corrected chi connectivity index (χ3v) is 4.85. The molecule has 3 nitrogen and oxygen atoms in total. The predicted molar refractivity (Wildman–Crippen MR) is 82.5 cm³/mol. The molecule has 1 fully saturated rings. The van der Waals surface area contributed by atoms with E-state index in [1.54, 1.807) is 0 Å². The summed E-state index contributed by atoms with van der Waals surface area (Å²) in [4.78, 5) is 2.31. The molecule has 2 N–H and O–H groups in total. The Labute approximate surface area is 128 Å². The van der Waals surface area contributed by atoms with E-state index in [1.165, 1.54) is 0 Å². The van der Waals surface area contributed by atoms with E-state index in [0.717, 1.165) is 28.1 Å². The molecule has 2 rings (SSSR count). The van der Waals surface area contributed by atoms with Gasteiger partial charge >= 0.3 is 0 Å². The van der Waals surface area contributed by atoms with Crippen LogP contribution in [0, 0.1) is 0 Å². The van der Waals surface area contributed by atoms with E-state index in [1.807, 2.05) is 18.2 Å². The summed E-state index contributed by atoms with van der Waals surface area (Å²) in [6.07, 6.45) is 1.30. The van der Waals surface area contributed by atoms with Gasteiger partial charge in [0.05, 0.1) is 6.10 Å². The fraction of sp³-hybridized carbons (Fsp3) is 0.571. The third-order valence-electron chi connectivity index (χ3n) is 3.89. The first kappa shape index (κ1) is 15.3. The van der Waals surface area contributed by atoms with Crippen molar-refractivity contribution in [1.29, 1.82) is 0 Å². The molecule has 0 spiro atoms. The van der Waals surface area contributed by atoms with Crippen LogP contribution in [-0.2, 0) is 4.74 Å². The number of nitrogens with zero attached hydrogens (tertiary/aromatic N) is 1. The highest BCUT2D eigenvalue weighted by Gasteiger charge is 2.32. The molecule has 3 atom stereocenters. The normalized spacial score (nSPS) is 24.9. The van der Waals surface area contributed by atoms with Crippen LogP contribution >= 0.6 is 27.5 Å². The molecule has 1 aliphatic rings. The molecule has 1 saturated heterocycles. The number of rotatable bonds is 4. The molecule has 0 aromatic heterocycles. The molecular weight excluding hydrogens is 328 g/mol. The van der Waals surface area contributed by atoms with Crippen molar-refractivity contribution in [3.05, 3.63) is 33.3 Å². The maximum atomic E-state index is 6.11. The number of halogens is 2. The molecule has 19 heavy (non-hydrogen) atoms. The highest BCUT2D eigenvalue weighted by Crippen LogP contribution is 2.32. The lowest BCUT2D eigenvalue weighted by Crippen LogP contribution is -2.42. The number of hydrogen-bond donors (Lipinski definition) is 1. The Balaban J connectivity index is 2.26. The average molecular weight is 348 g/mol. The topological polar surface area (TPSA) is 38.5 Å². The zero-order valence-corrected chi connectivity index (χ0v) is 13.6. The Morgan fingerprint density at radius 2 is 2.32 bits per heavy atom. The summed E-state index contributed by atoms with van der Waals surface area (Å²) < 4.78 is 6.70. The standard InChI is InChI=1S/C14H20BrClN2O/c1-9-13(5-6-19-9)18(2)14(8-17)11-7-10(16)3-4-12(11)15/h3-4,7,9,13-14H,5-6,8,17H2,1-2H3. The van der Waals surface area contributed by atoms with Gasteiger partial charge in [0.15, 0.2) is 0 Å². The molecule has 0 radical (unpaired) electrons. The third kappa shape index (κ3) is 3.31. The Bertz CT molecular complexity index is 443. The fourth-order valence-corrected chi connectivity index (χ4v) is 3.46. The van der Waals surface area contributed by atoms with Crippen LogP contribution < -0.4 is 5.73 Å². The lowest BCUT2D eigenvalue weighted by atomic mass is 10.0. The van der Waals surface area contributed by atoms with Crippen LogP contribution in [0.2, 0.25) is 5.02 Å². The molecule has 106 valence electrons. The minimum atomic E-state index is 0.141. The maximum Gasteiger partial charge on any atom is 0.0703 e. The summed E-state index contributed by atoms with van der Waals surface area (Å²) in [5.74, 6) is 0. The van der Waals surface area contributed by atoms with Crippen molar-refractivity contribution in [1.82, 2.24) is 4.90 Å². The van der Waals surface area contributed by atoms with Crippen molar-refractivity contribution in [2.75, 3.05) is 20.2 Å². The summed E-state index contributed by atoms with van der Waals surface area (Å²) >= 11 is 9.70. The van der Waals surface area contributed by atoms with Crippen LogP contribution in [0.25, 0.3) is 0 Å². The first-order valence-electron chi connectivity index (χ1n) is 6.53. The van der Waals surface area contributed by atoms with Crippen LogP contribution in [0.3, 0.4) is 0 Å². The Morgan fingerprint density at radius 1 is 1.58 bits per heavy atom. The Hall–Kier alpha value is -0.130. The minimum Gasteiger partial charge on any atom is -0.377 e. The summed E-state index contributed by atoms with van der Waals surface area (Å²) in [6.45, 7) is 3.50. The second kappa shape index (κ2) is 6.55. The molecule has 0 aliphatic carbocycles. The van der Waals surface area contributed by atoms with Gasteiger partial charge in [-0.15, -0.1) is 0 Å². The number of benzene rings is 1. The largest absolute Gasteiger partial charge is 0.377 e. The van der Waals surface area contributed by atoms with Crippen LogP contribution in [0.5, 0.6) is 0 Å². The van der Waals surface area contributed by atoms with Gasteiger partial charge in [-0.1, -0.05) is 27.5 Å². The van der Waals surface area contributed by atoms with E-state index >= 15 is 0 Å². The molecule has 0 bridgehead atoms. The summed E-state index contributed by atoms with van der Waals surface area (Å²) in [5, 5.41) is 0.737. The first-order chi connectivity index (χ1) is 9.04. The fourth-order valence-electron chi connectivity index (χ4n) is 2.77. The molecule has 1 aromatic rings. The molecule has 1 aromatic carbocycles. The van der Waals surface area contributed by atoms with Gasteiger partial charge in [0, 0.05) is 34.7 Å². The average Bonchev–Trinajstić information content (AvgIpc) is 2.80. The van der Waals surface area contributed by atoms with Gasteiger partial charge in [0.1, 0.15) is 0 Å². The minimum absolute atomic E-state index is 0.141. The molecule has 0 amide bonds. The SMILES string of the molecule is CC1OCCC1N(C)C(CN)c1cc(Cl)ccc1Br. The smallest absolute Gasteiger partial charge is 0.0703 e. The van der Waals surface area contributed by atoms with Gasteiger partial charge in [0.2, 0.25) is 0 Å². The summed E-state index contributed by atoms with van der Waals surface area (Å²) in [7, 11) is 2.11. The molecule has 5 heteroatoms.